The predicted molar refractivity (Wildman–Crippen MR) is 128 cm³/mol. The van der Waals surface area contributed by atoms with Crippen LogP contribution in [0.5, 0.6) is 0 Å². The molecule has 33 heavy (non-hydrogen) atoms. The van der Waals surface area contributed by atoms with E-state index in [0.29, 0.717) is 23.6 Å². The van der Waals surface area contributed by atoms with Crippen LogP contribution in [0.2, 0.25) is 0 Å². The van der Waals surface area contributed by atoms with Crippen LogP contribution in [0.3, 0.4) is 0 Å². The number of carbonyl (C=O) groups excluding carboxylic acids is 3. The zero-order valence-corrected chi connectivity index (χ0v) is 19.4. The minimum Gasteiger partial charge on any atom is -0.368 e. The Balaban J connectivity index is 1.69. The number of rotatable bonds is 8. The molecule has 0 unspecified atom stereocenters. The van der Waals surface area contributed by atoms with Crippen LogP contribution < -0.4 is 16.4 Å². The van der Waals surface area contributed by atoms with Crippen molar-refractivity contribution in [2.45, 2.75) is 40.2 Å². The monoisotopic (exact) mass is 446 g/mol. The standard InChI is InChI=1S/C26H30N4O3/c1-16(2)21-6-5-7-22(13-21)30-17(3)12-23(18(30)4)26(33)28-14-19-8-10-20(11-9-19)25(32)29-15-24(27)31/h5-13,16H,14-15H2,1-4H3,(H2,27,31)(H,28,33)(H,29,32). The lowest BCUT2D eigenvalue weighted by Gasteiger charge is -2.13. The maximum atomic E-state index is 12.9. The second-order valence-electron chi connectivity index (χ2n) is 8.40. The summed E-state index contributed by atoms with van der Waals surface area (Å²) in [6.07, 6.45) is 0. The summed E-state index contributed by atoms with van der Waals surface area (Å²) in [6, 6.07) is 17.1. The fourth-order valence-corrected chi connectivity index (χ4v) is 3.73. The Kier molecular flexibility index (Phi) is 7.33. The third-order valence-electron chi connectivity index (χ3n) is 5.56. The van der Waals surface area contributed by atoms with Crippen LogP contribution in [0.1, 0.15) is 63.0 Å². The van der Waals surface area contributed by atoms with Crippen LogP contribution in [0, 0.1) is 13.8 Å². The SMILES string of the molecule is Cc1cc(C(=O)NCc2ccc(C(=O)NCC(N)=O)cc2)c(C)n1-c1cccc(C(C)C)c1. The summed E-state index contributed by atoms with van der Waals surface area (Å²) >= 11 is 0. The lowest BCUT2D eigenvalue weighted by atomic mass is 10.0. The van der Waals surface area contributed by atoms with E-state index >= 15 is 0 Å². The molecule has 0 aliphatic carbocycles. The third kappa shape index (κ3) is 5.68. The molecule has 3 rings (SSSR count). The van der Waals surface area contributed by atoms with E-state index in [4.69, 9.17) is 5.73 Å². The van der Waals surface area contributed by atoms with Gasteiger partial charge in [-0.3, -0.25) is 14.4 Å². The Morgan fingerprint density at radius 3 is 2.27 bits per heavy atom. The van der Waals surface area contributed by atoms with E-state index in [2.05, 4.69) is 47.2 Å². The minimum atomic E-state index is -0.602. The second kappa shape index (κ2) is 10.2. The Hall–Kier alpha value is -3.87. The first-order valence-electron chi connectivity index (χ1n) is 10.9. The first-order valence-corrected chi connectivity index (χ1v) is 10.9. The summed E-state index contributed by atoms with van der Waals surface area (Å²) in [7, 11) is 0. The Bertz CT molecular complexity index is 1180. The van der Waals surface area contributed by atoms with Crippen LogP contribution >= 0.6 is 0 Å². The largest absolute Gasteiger partial charge is 0.368 e. The van der Waals surface area contributed by atoms with Crippen LogP contribution in [0.15, 0.2) is 54.6 Å². The zero-order valence-electron chi connectivity index (χ0n) is 19.4. The zero-order chi connectivity index (χ0) is 24.1. The number of hydrogen-bond donors (Lipinski definition) is 3. The van der Waals surface area contributed by atoms with Crippen molar-refractivity contribution in [1.29, 1.82) is 0 Å². The normalized spacial score (nSPS) is 10.8. The summed E-state index contributed by atoms with van der Waals surface area (Å²) in [6.45, 7) is 8.38. The van der Waals surface area contributed by atoms with E-state index in [1.807, 2.05) is 26.0 Å². The van der Waals surface area contributed by atoms with Gasteiger partial charge in [-0.2, -0.15) is 0 Å². The summed E-state index contributed by atoms with van der Waals surface area (Å²) in [5, 5.41) is 5.39. The number of amides is 3. The molecule has 4 N–H and O–H groups in total. The molecule has 0 aliphatic rings. The summed E-state index contributed by atoms with van der Waals surface area (Å²) in [5.41, 5.74) is 11.1. The number of nitrogens with one attached hydrogen (secondary N) is 2. The van der Waals surface area contributed by atoms with E-state index in [-0.39, 0.29) is 18.4 Å². The molecule has 2 aromatic carbocycles. The van der Waals surface area contributed by atoms with Gasteiger partial charge in [0, 0.05) is 29.2 Å². The van der Waals surface area contributed by atoms with E-state index in [1.165, 1.54) is 5.56 Å². The molecule has 7 heteroatoms. The molecule has 0 atom stereocenters. The number of aryl methyl sites for hydroxylation is 1. The molecule has 0 spiro atoms. The van der Waals surface area contributed by atoms with Crippen molar-refractivity contribution in [3.63, 3.8) is 0 Å². The number of primary amides is 1. The molecule has 3 amide bonds. The van der Waals surface area contributed by atoms with Crippen molar-refractivity contribution in [1.82, 2.24) is 15.2 Å². The minimum absolute atomic E-state index is 0.155. The quantitative estimate of drug-likeness (QED) is 0.494. The van der Waals surface area contributed by atoms with Gasteiger partial charge in [0.1, 0.15) is 0 Å². The summed E-state index contributed by atoms with van der Waals surface area (Å²) in [5.74, 6) is -0.713. The highest BCUT2D eigenvalue weighted by molar-refractivity contribution is 5.97. The lowest BCUT2D eigenvalue weighted by Crippen LogP contribution is -2.33. The highest BCUT2D eigenvalue weighted by Gasteiger charge is 2.17. The number of benzene rings is 2. The summed E-state index contributed by atoms with van der Waals surface area (Å²) in [4.78, 5) is 35.7. The molecule has 1 aromatic heterocycles. The van der Waals surface area contributed by atoms with Gasteiger partial charge in [0.25, 0.3) is 11.8 Å². The molecule has 0 saturated heterocycles. The van der Waals surface area contributed by atoms with Crippen LogP contribution in [-0.2, 0) is 11.3 Å². The Morgan fingerprint density at radius 2 is 1.64 bits per heavy atom. The Labute approximate surface area is 194 Å². The van der Waals surface area contributed by atoms with Gasteiger partial charge in [-0.15, -0.1) is 0 Å². The molecule has 3 aromatic rings. The maximum absolute atomic E-state index is 12.9. The highest BCUT2D eigenvalue weighted by atomic mass is 16.2. The van der Waals surface area contributed by atoms with Crippen molar-refractivity contribution in [3.8, 4) is 5.69 Å². The van der Waals surface area contributed by atoms with E-state index < -0.39 is 5.91 Å². The molecular formula is C26H30N4O3. The fourth-order valence-electron chi connectivity index (χ4n) is 3.73. The first-order chi connectivity index (χ1) is 15.7. The van der Waals surface area contributed by atoms with Crippen molar-refractivity contribution >= 4 is 17.7 Å². The first kappa shape index (κ1) is 23.8. The van der Waals surface area contributed by atoms with Gasteiger partial charge in [0.05, 0.1) is 12.1 Å². The molecule has 0 fully saturated rings. The smallest absolute Gasteiger partial charge is 0.253 e. The van der Waals surface area contributed by atoms with Crippen LogP contribution in [-0.4, -0.2) is 28.8 Å². The molecule has 0 bridgehead atoms. The Morgan fingerprint density at radius 1 is 0.939 bits per heavy atom. The summed E-state index contributed by atoms with van der Waals surface area (Å²) < 4.78 is 2.10. The number of carbonyl (C=O) groups is 3. The van der Waals surface area contributed by atoms with Crippen LogP contribution in [0.4, 0.5) is 0 Å². The topological polar surface area (TPSA) is 106 Å². The molecule has 0 saturated carbocycles. The fraction of sp³-hybridized carbons (Fsp3) is 0.269. The van der Waals surface area contributed by atoms with Gasteiger partial charge in [0.15, 0.2) is 0 Å². The average Bonchev–Trinajstić information content (AvgIpc) is 3.10. The third-order valence-corrected chi connectivity index (χ3v) is 5.56. The predicted octanol–water partition coefficient (Wildman–Crippen LogP) is 3.36. The maximum Gasteiger partial charge on any atom is 0.253 e. The van der Waals surface area contributed by atoms with Crippen molar-refractivity contribution in [2.24, 2.45) is 5.73 Å². The number of hydrogen-bond acceptors (Lipinski definition) is 3. The molecule has 1 heterocycles. The highest BCUT2D eigenvalue weighted by Crippen LogP contribution is 2.24. The van der Waals surface area contributed by atoms with Crippen molar-refractivity contribution in [3.05, 3.63) is 88.2 Å². The van der Waals surface area contributed by atoms with Gasteiger partial charge in [-0.25, -0.2) is 0 Å². The van der Waals surface area contributed by atoms with Gasteiger partial charge in [-0.05, 0) is 61.2 Å². The average molecular weight is 447 g/mol. The van der Waals surface area contributed by atoms with Crippen molar-refractivity contribution < 1.29 is 14.4 Å². The molecule has 7 nitrogen and oxygen atoms in total. The van der Waals surface area contributed by atoms with Crippen molar-refractivity contribution in [2.75, 3.05) is 6.54 Å². The van der Waals surface area contributed by atoms with Gasteiger partial charge < -0.3 is 20.9 Å². The second-order valence-corrected chi connectivity index (χ2v) is 8.40. The van der Waals surface area contributed by atoms with Gasteiger partial charge in [-0.1, -0.05) is 38.1 Å². The van der Waals surface area contributed by atoms with E-state index in [1.54, 1.807) is 24.3 Å². The van der Waals surface area contributed by atoms with Gasteiger partial charge in [0.2, 0.25) is 5.91 Å². The molecule has 0 aliphatic heterocycles. The molecule has 172 valence electrons. The number of nitrogens with zero attached hydrogens (tertiary/aromatic N) is 1. The number of aromatic nitrogens is 1. The van der Waals surface area contributed by atoms with E-state index in [0.717, 1.165) is 22.6 Å². The molecular weight excluding hydrogens is 416 g/mol. The van der Waals surface area contributed by atoms with Gasteiger partial charge >= 0.3 is 0 Å². The number of nitrogens with two attached hydrogens (primary N) is 1. The van der Waals surface area contributed by atoms with E-state index in [9.17, 15) is 14.4 Å². The van der Waals surface area contributed by atoms with Crippen LogP contribution in [0.25, 0.3) is 5.69 Å². The molecule has 0 radical (unpaired) electrons. The lowest BCUT2D eigenvalue weighted by molar-refractivity contribution is -0.117.